The van der Waals surface area contributed by atoms with Crippen LogP contribution >= 0.6 is 11.6 Å². The molecule has 0 saturated heterocycles. The van der Waals surface area contributed by atoms with Gasteiger partial charge in [-0.15, -0.1) is 0 Å². The molecule has 0 amide bonds. The second-order valence-electron chi connectivity index (χ2n) is 5.80. The topological polar surface area (TPSA) is 54.4 Å². The van der Waals surface area contributed by atoms with E-state index in [2.05, 4.69) is 0 Å². The van der Waals surface area contributed by atoms with Crippen molar-refractivity contribution in [3.05, 3.63) is 52.5 Å². The van der Waals surface area contributed by atoms with Gasteiger partial charge in [0, 0.05) is 17.0 Å². The standard InChI is InChI=1S/C16H10ClF5O3S/c17-9-3-1-8(2-4-9)10-5-6-12(26(24,25)16(20,21)22)13-11(10)7-15(18,19)14(13)23/h1-6,14,23H,7H2/t14-/m0/s1. The number of sulfone groups is 1. The fourth-order valence-corrected chi connectivity index (χ4v) is 4.08. The minimum atomic E-state index is -5.90. The predicted octanol–water partition coefficient (Wildman–Crippen LogP) is 4.53. The van der Waals surface area contributed by atoms with E-state index in [0.29, 0.717) is 16.7 Å². The van der Waals surface area contributed by atoms with Gasteiger partial charge in [-0.05, 0) is 34.9 Å². The number of hydrogen-bond acceptors (Lipinski definition) is 3. The molecule has 0 bridgehead atoms. The van der Waals surface area contributed by atoms with Crippen LogP contribution in [0.2, 0.25) is 5.02 Å². The molecule has 140 valence electrons. The van der Waals surface area contributed by atoms with E-state index in [9.17, 15) is 35.5 Å². The van der Waals surface area contributed by atoms with Crippen molar-refractivity contribution >= 4 is 21.4 Å². The van der Waals surface area contributed by atoms with Gasteiger partial charge in [0.25, 0.3) is 15.8 Å². The monoisotopic (exact) mass is 412 g/mol. The van der Waals surface area contributed by atoms with Crippen LogP contribution in [0.3, 0.4) is 0 Å². The van der Waals surface area contributed by atoms with Gasteiger partial charge in [-0.25, -0.2) is 17.2 Å². The van der Waals surface area contributed by atoms with Crippen molar-refractivity contribution in [1.29, 1.82) is 0 Å². The van der Waals surface area contributed by atoms with Crippen LogP contribution in [0.1, 0.15) is 17.2 Å². The maximum absolute atomic E-state index is 14.0. The zero-order chi connectivity index (χ0) is 19.5. The molecular formula is C16H10ClF5O3S. The summed E-state index contributed by atoms with van der Waals surface area (Å²) in [6.45, 7) is 0. The highest BCUT2D eigenvalue weighted by molar-refractivity contribution is 7.92. The molecule has 2 aromatic carbocycles. The van der Waals surface area contributed by atoms with E-state index in [1.165, 1.54) is 24.3 Å². The van der Waals surface area contributed by atoms with Crippen molar-refractivity contribution in [2.24, 2.45) is 0 Å². The number of alkyl halides is 5. The third-order valence-electron chi connectivity index (χ3n) is 4.15. The molecular weight excluding hydrogens is 403 g/mol. The summed E-state index contributed by atoms with van der Waals surface area (Å²) in [7, 11) is -5.90. The fourth-order valence-electron chi connectivity index (χ4n) is 2.94. The van der Waals surface area contributed by atoms with E-state index in [-0.39, 0.29) is 11.1 Å². The molecule has 26 heavy (non-hydrogen) atoms. The Kier molecular flexibility index (Phi) is 4.33. The third-order valence-corrected chi connectivity index (χ3v) is 5.95. The number of aliphatic hydroxyl groups excluding tert-OH is 1. The van der Waals surface area contributed by atoms with Crippen LogP contribution in [0.4, 0.5) is 22.0 Å². The number of hydrogen-bond donors (Lipinski definition) is 1. The molecule has 0 heterocycles. The molecule has 0 aromatic heterocycles. The fraction of sp³-hybridized carbons (Fsp3) is 0.250. The molecule has 2 aromatic rings. The number of aliphatic hydroxyl groups is 1. The molecule has 0 fully saturated rings. The normalized spacial score (nSPS) is 19.4. The zero-order valence-electron chi connectivity index (χ0n) is 12.7. The summed E-state index contributed by atoms with van der Waals surface area (Å²) in [5, 5.41) is 10.2. The summed E-state index contributed by atoms with van der Waals surface area (Å²) in [4.78, 5) is -1.36. The highest BCUT2D eigenvalue weighted by Gasteiger charge is 2.54. The first-order chi connectivity index (χ1) is 11.9. The first kappa shape index (κ1) is 19.1. The van der Waals surface area contributed by atoms with Crippen LogP contribution in [-0.2, 0) is 16.3 Å². The quantitative estimate of drug-likeness (QED) is 0.738. The molecule has 1 atom stereocenters. The van der Waals surface area contributed by atoms with Crippen LogP contribution in [0.5, 0.6) is 0 Å². The molecule has 0 aliphatic heterocycles. The Labute approximate surface area is 149 Å². The lowest BCUT2D eigenvalue weighted by molar-refractivity contribution is -0.0977. The number of rotatable bonds is 2. The highest BCUT2D eigenvalue weighted by Crippen LogP contribution is 2.50. The Balaban J connectivity index is 2.31. The van der Waals surface area contributed by atoms with Gasteiger partial charge in [-0.2, -0.15) is 13.2 Å². The number of halogens is 6. The summed E-state index contributed by atoms with van der Waals surface area (Å²) < 4.78 is 90.3. The minimum absolute atomic E-state index is 0.106. The van der Waals surface area contributed by atoms with Crippen molar-refractivity contribution in [2.45, 2.75) is 28.9 Å². The van der Waals surface area contributed by atoms with Gasteiger partial charge in [-0.1, -0.05) is 29.8 Å². The van der Waals surface area contributed by atoms with E-state index in [1.54, 1.807) is 0 Å². The number of fused-ring (bicyclic) bond motifs is 1. The average Bonchev–Trinajstić information content (AvgIpc) is 2.76. The van der Waals surface area contributed by atoms with E-state index in [0.717, 1.165) is 6.07 Å². The van der Waals surface area contributed by atoms with Crippen LogP contribution in [0, 0.1) is 0 Å². The average molecular weight is 413 g/mol. The largest absolute Gasteiger partial charge is 0.501 e. The lowest BCUT2D eigenvalue weighted by Gasteiger charge is -2.17. The molecule has 0 radical (unpaired) electrons. The van der Waals surface area contributed by atoms with Gasteiger partial charge in [0.1, 0.15) is 6.10 Å². The molecule has 1 aliphatic rings. The summed E-state index contributed by atoms with van der Waals surface area (Å²) in [6, 6.07) is 7.43. The zero-order valence-corrected chi connectivity index (χ0v) is 14.3. The third kappa shape index (κ3) is 2.87. The Morgan fingerprint density at radius 1 is 1.08 bits per heavy atom. The van der Waals surface area contributed by atoms with Crippen molar-refractivity contribution in [3.63, 3.8) is 0 Å². The van der Waals surface area contributed by atoms with E-state index in [1.807, 2.05) is 0 Å². The van der Waals surface area contributed by atoms with Gasteiger partial charge in [0.15, 0.2) is 0 Å². The van der Waals surface area contributed by atoms with Crippen molar-refractivity contribution < 1.29 is 35.5 Å². The van der Waals surface area contributed by atoms with Gasteiger partial charge < -0.3 is 5.11 Å². The summed E-state index contributed by atoms with van der Waals surface area (Å²) >= 11 is 5.76. The van der Waals surface area contributed by atoms with Crippen LogP contribution in [-0.4, -0.2) is 25.0 Å². The lowest BCUT2D eigenvalue weighted by Crippen LogP contribution is -2.26. The summed E-state index contributed by atoms with van der Waals surface area (Å²) in [5.41, 5.74) is -6.48. The number of benzene rings is 2. The summed E-state index contributed by atoms with van der Waals surface area (Å²) in [6.07, 6.45) is -3.74. The van der Waals surface area contributed by atoms with E-state index >= 15 is 0 Å². The molecule has 0 spiro atoms. The summed E-state index contributed by atoms with van der Waals surface area (Å²) in [5.74, 6) is -3.79. The predicted molar refractivity (Wildman–Crippen MR) is 83.7 cm³/mol. The maximum atomic E-state index is 14.0. The Bertz CT molecular complexity index is 969. The smallest absolute Gasteiger partial charge is 0.382 e. The highest BCUT2D eigenvalue weighted by atomic mass is 35.5. The van der Waals surface area contributed by atoms with Crippen molar-refractivity contribution in [2.75, 3.05) is 0 Å². The van der Waals surface area contributed by atoms with Crippen molar-refractivity contribution in [3.8, 4) is 11.1 Å². The molecule has 3 nitrogen and oxygen atoms in total. The van der Waals surface area contributed by atoms with Gasteiger partial charge >= 0.3 is 5.51 Å². The lowest BCUT2D eigenvalue weighted by atomic mass is 9.96. The Morgan fingerprint density at radius 2 is 1.65 bits per heavy atom. The SMILES string of the molecule is O=S(=O)(c1ccc(-c2ccc(Cl)cc2)c2c1[C@H](O)C(F)(F)C2)C(F)(F)F. The van der Waals surface area contributed by atoms with Crippen LogP contribution < -0.4 is 0 Å². The first-order valence-electron chi connectivity index (χ1n) is 7.15. The minimum Gasteiger partial charge on any atom is -0.382 e. The van der Waals surface area contributed by atoms with Gasteiger partial charge in [-0.3, -0.25) is 0 Å². The van der Waals surface area contributed by atoms with Crippen molar-refractivity contribution in [1.82, 2.24) is 0 Å². The second kappa shape index (κ2) is 5.90. The molecule has 10 heteroatoms. The molecule has 1 aliphatic carbocycles. The molecule has 0 unspecified atom stereocenters. The van der Waals surface area contributed by atoms with Crippen LogP contribution in [0.25, 0.3) is 11.1 Å². The van der Waals surface area contributed by atoms with Gasteiger partial charge in [0.05, 0.1) is 4.90 Å². The molecule has 0 saturated carbocycles. The van der Waals surface area contributed by atoms with Crippen LogP contribution in [0.15, 0.2) is 41.3 Å². The van der Waals surface area contributed by atoms with E-state index < -0.39 is 44.3 Å². The second-order valence-corrected chi connectivity index (χ2v) is 8.15. The molecule has 3 rings (SSSR count). The Morgan fingerprint density at radius 3 is 2.19 bits per heavy atom. The maximum Gasteiger partial charge on any atom is 0.501 e. The first-order valence-corrected chi connectivity index (χ1v) is 9.01. The Hall–Kier alpha value is -1.71. The molecule has 1 N–H and O–H groups in total. The van der Waals surface area contributed by atoms with E-state index in [4.69, 9.17) is 11.6 Å². The van der Waals surface area contributed by atoms with Gasteiger partial charge in [0.2, 0.25) is 0 Å².